The van der Waals surface area contributed by atoms with Gasteiger partial charge < -0.3 is 4.90 Å². The lowest BCUT2D eigenvalue weighted by atomic mass is 9.97. The Bertz CT molecular complexity index is 682. The number of carbonyl (C=O) groups excluding carboxylic acids is 3. The Morgan fingerprint density at radius 1 is 1.12 bits per heavy atom. The van der Waals surface area contributed by atoms with Crippen LogP contribution in [-0.4, -0.2) is 53.3 Å². The van der Waals surface area contributed by atoms with Gasteiger partial charge in [0.15, 0.2) is 0 Å². The molecule has 0 aromatic heterocycles. The second-order valence-electron chi connectivity index (χ2n) is 6.28. The average Bonchev–Trinajstić information content (AvgIpc) is 2.83. The van der Waals surface area contributed by atoms with Gasteiger partial charge in [-0.2, -0.15) is 13.2 Å². The molecule has 2 aliphatic rings. The van der Waals surface area contributed by atoms with E-state index in [2.05, 4.69) is 0 Å². The summed E-state index contributed by atoms with van der Waals surface area (Å²) in [5.41, 5.74) is 0.574. The van der Waals surface area contributed by atoms with Crippen LogP contribution in [0.2, 0.25) is 0 Å². The van der Waals surface area contributed by atoms with E-state index in [0.29, 0.717) is 6.42 Å². The Kier molecular flexibility index (Phi) is 4.53. The van der Waals surface area contributed by atoms with Gasteiger partial charge in [0.2, 0.25) is 5.91 Å². The maximum absolute atomic E-state index is 12.8. The third-order valence-electron chi connectivity index (χ3n) is 4.66. The minimum Gasteiger partial charge on any atom is -0.342 e. The zero-order valence-electron chi connectivity index (χ0n) is 13.4. The number of imide groups is 1. The normalized spacial score (nSPS) is 20.8. The number of rotatable bonds is 3. The quantitative estimate of drug-likeness (QED) is 0.784. The first-order chi connectivity index (χ1) is 11.8. The van der Waals surface area contributed by atoms with Gasteiger partial charge in [0.05, 0.1) is 17.0 Å². The molecule has 2 aliphatic heterocycles. The Morgan fingerprint density at radius 3 is 2.28 bits per heavy atom. The smallest absolute Gasteiger partial charge is 0.342 e. The number of carbonyl (C=O) groups is 3. The minimum absolute atomic E-state index is 0.0195. The second kappa shape index (κ2) is 6.50. The fraction of sp³-hybridized carbons (Fsp3) is 0.471. The summed E-state index contributed by atoms with van der Waals surface area (Å²) in [6, 6.07) is 6.36. The van der Waals surface area contributed by atoms with Crippen LogP contribution in [0.3, 0.4) is 0 Å². The number of fused-ring (bicyclic) bond motifs is 1. The molecule has 3 amide bonds. The standard InChI is InChI=1S/C17H17F3N2O3/c18-17(19,20)11-4-3-8-21(10-11)14(23)7-9-22-15(24)12-5-1-2-6-13(12)16(22)25/h1-2,5-6,11H,3-4,7-10H2/t11-/m0/s1. The topological polar surface area (TPSA) is 57.7 Å². The molecule has 0 bridgehead atoms. The summed E-state index contributed by atoms with van der Waals surface area (Å²) in [6.45, 7) is -0.212. The van der Waals surface area contributed by atoms with Crippen molar-refractivity contribution < 1.29 is 27.6 Å². The lowest BCUT2D eigenvalue weighted by Crippen LogP contribution is -2.45. The molecule has 0 spiro atoms. The van der Waals surface area contributed by atoms with Gasteiger partial charge in [0.25, 0.3) is 11.8 Å². The number of hydrogen-bond acceptors (Lipinski definition) is 3. The van der Waals surface area contributed by atoms with E-state index in [1.165, 1.54) is 17.0 Å². The molecule has 5 nitrogen and oxygen atoms in total. The number of benzene rings is 1. The lowest BCUT2D eigenvalue weighted by Gasteiger charge is -2.34. The van der Waals surface area contributed by atoms with Gasteiger partial charge in [0, 0.05) is 26.1 Å². The number of hydrogen-bond donors (Lipinski definition) is 0. The Labute approximate surface area is 142 Å². The molecule has 3 rings (SSSR count). The molecule has 1 aromatic rings. The van der Waals surface area contributed by atoms with Gasteiger partial charge in [0.1, 0.15) is 0 Å². The molecule has 8 heteroatoms. The molecule has 0 N–H and O–H groups in total. The van der Waals surface area contributed by atoms with Crippen molar-refractivity contribution in [1.82, 2.24) is 9.80 Å². The maximum atomic E-state index is 12.8. The first kappa shape index (κ1) is 17.4. The summed E-state index contributed by atoms with van der Waals surface area (Å²) >= 11 is 0. The van der Waals surface area contributed by atoms with Crippen LogP contribution in [0.25, 0.3) is 0 Å². The van der Waals surface area contributed by atoms with Crippen molar-refractivity contribution in [3.63, 3.8) is 0 Å². The maximum Gasteiger partial charge on any atom is 0.393 e. The van der Waals surface area contributed by atoms with Gasteiger partial charge in [-0.25, -0.2) is 0 Å². The average molecular weight is 354 g/mol. The van der Waals surface area contributed by atoms with Crippen LogP contribution in [0.5, 0.6) is 0 Å². The van der Waals surface area contributed by atoms with E-state index in [1.54, 1.807) is 12.1 Å². The van der Waals surface area contributed by atoms with Gasteiger partial charge in [-0.1, -0.05) is 12.1 Å². The summed E-state index contributed by atoms with van der Waals surface area (Å²) in [5.74, 6) is -2.92. The number of amides is 3. The van der Waals surface area contributed by atoms with Gasteiger partial charge >= 0.3 is 6.18 Å². The predicted molar refractivity (Wildman–Crippen MR) is 81.8 cm³/mol. The first-order valence-corrected chi connectivity index (χ1v) is 8.08. The Morgan fingerprint density at radius 2 is 1.72 bits per heavy atom. The minimum atomic E-state index is -4.32. The second-order valence-corrected chi connectivity index (χ2v) is 6.28. The molecule has 134 valence electrons. The number of nitrogens with zero attached hydrogens (tertiary/aromatic N) is 2. The highest BCUT2D eigenvalue weighted by Crippen LogP contribution is 2.33. The molecule has 1 atom stereocenters. The van der Waals surface area contributed by atoms with Crippen LogP contribution in [0.1, 0.15) is 40.0 Å². The van der Waals surface area contributed by atoms with Crippen LogP contribution in [0.15, 0.2) is 24.3 Å². The van der Waals surface area contributed by atoms with E-state index >= 15 is 0 Å². The molecule has 25 heavy (non-hydrogen) atoms. The molecule has 0 saturated carbocycles. The number of piperidine rings is 1. The summed E-state index contributed by atoms with van der Waals surface area (Å²) < 4.78 is 38.5. The highest BCUT2D eigenvalue weighted by molar-refractivity contribution is 6.21. The van der Waals surface area contributed by atoms with Crippen molar-refractivity contribution in [3.05, 3.63) is 35.4 Å². The van der Waals surface area contributed by atoms with E-state index in [9.17, 15) is 27.6 Å². The zero-order valence-corrected chi connectivity index (χ0v) is 13.4. The van der Waals surface area contributed by atoms with Crippen molar-refractivity contribution in [2.24, 2.45) is 5.92 Å². The van der Waals surface area contributed by atoms with Crippen molar-refractivity contribution >= 4 is 17.7 Å². The highest BCUT2D eigenvalue weighted by atomic mass is 19.4. The number of likely N-dealkylation sites (tertiary alicyclic amines) is 1. The largest absolute Gasteiger partial charge is 0.393 e. The SMILES string of the molecule is O=C(CCN1C(=O)c2ccccc2C1=O)N1CCC[C@H](C(F)(F)F)C1. The molecule has 0 aliphatic carbocycles. The Hall–Kier alpha value is -2.38. The fourth-order valence-corrected chi connectivity index (χ4v) is 3.28. The monoisotopic (exact) mass is 354 g/mol. The summed E-state index contributed by atoms with van der Waals surface area (Å²) in [6.07, 6.45) is -4.17. The van der Waals surface area contributed by atoms with Crippen LogP contribution in [0, 0.1) is 5.92 Å². The van der Waals surface area contributed by atoms with Gasteiger partial charge in [-0.3, -0.25) is 19.3 Å². The van der Waals surface area contributed by atoms with E-state index < -0.39 is 29.8 Å². The van der Waals surface area contributed by atoms with E-state index in [-0.39, 0.29) is 43.6 Å². The molecular formula is C17H17F3N2O3. The van der Waals surface area contributed by atoms with Crippen LogP contribution < -0.4 is 0 Å². The number of alkyl halides is 3. The van der Waals surface area contributed by atoms with E-state index in [4.69, 9.17) is 0 Å². The van der Waals surface area contributed by atoms with Crippen molar-refractivity contribution in [1.29, 1.82) is 0 Å². The third kappa shape index (κ3) is 3.38. The highest BCUT2D eigenvalue weighted by Gasteiger charge is 2.43. The first-order valence-electron chi connectivity index (χ1n) is 8.08. The summed E-state index contributed by atoms with van der Waals surface area (Å²) in [5, 5.41) is 0. The zero-order chi connectivity index (χ0) is 18.2. The van der Waals surface area contributed by atoms with E-state index in [1.807, 2.05) is 0 Å². The third-order valence-corrected chi connectivity index (χ3v) is 4.66. The number of halogens is 3. The molecule has 1 aromatic carbocycles. The van der Waals surface area contributed by atoms with Crippen LogP contribution in [-0.2, 0) is 4.79 Å². The Balaban J connectivity index is 1.60. The van der Waals surface area contributed by atoms with Crippen LogP contribution in [0.4, 0.5) is 13.2 Å². The summed E-state index contributed by atoms with van der Waals surface area (Å²) in [4.78, 5) is 38.8. The van der Waals surface area contributed by atoms with Crippen molar-refractivity contribution in [2.75, 3.05) is 19.6 Å². The van der Waals surface area contributed by atoms with Crippen LogP contribution >= 0.6 is 0 Å². The molecule has 1 fully saturated rings. The van der Waals surface area contributed by atoms with E-state index in [0.717, 1.165) is 4.90 Å². The summed E-state index contributed by atoms with van der Waals surface area (Å²) in [7, 11) is 0. The molecule has 2 heterocycles. The molecule has 0 radical (unpaired) electrons. The van der Waals surface area contributed by atoms with Crippen molar-refractivity contribution in [2.45, 2.75) is 25.4 Å². The van der Waals surface area contributed by atoms with Gasteiger partial charge in [-0.05, 0) is 25.0 Å². The fourth-order valence-electron chi connectivity index (χ4n) is 3.28. The predicted octanol–water partition coefficient (Wildman–Crippen LogP) is 2.47. The molecular weight excluding hydrogens is 337 g/mol. The molecule has 1 saturated heterocycles. The lowest BCUT2D eigenvalue weighted by molar-refractivity contribution is -0.188. The van der Waals surface area contributed by atoms with Crippen molar-refractivity contribution in [3.8, 4) is 0 Å². The van der Waals surface area contributed by atoms with Gasteiger partial charge in [-0.15, -0.1) is 0 Å². The molecule has 0 unspecified atom stereocenters.